The molecule has 0 fully saturated rings. The van der Waals surface area contributed by atoms with Crippen LogP contribution in [0.5, 0.6) is 0 Å². The smallest absolute Gasteiger partial charge is 0.110 e. The quantitative estimate of drug-likeness (QED) is 0.907. The zero-order valence-corrected chi connectivity index (χ0v) is 13.9. The lowest BCUT2D eigenvalue weighted by Crippen LogP contribution is -2.21. The molecule has 0 aliphatic heterocycles. The van der Waals surface area contributed by atoms with E-state index in [0.717, 1.165) is 18.8 Å². The molecule has 2 rings (SSSR count). The van der Waals surface area contributed by atoms with Crippen molar-refractivity contribution in [3.8, 4) is 0 Å². The van der Waals surface area contributed by atoms with Crippen molar-refractivity contribution in [2.24, 2.45) is 0 Å². The Morgan fingerprint density at radius 2 is 1.86 bits per heavy atom. The van der Waals surface area contributed by atoms with Gasteiger partial charge >= 0.3 is 0 Å². The van der Waals surface area contributed by atoms with Crippen LogP contribution in [-0.4, -0.2) is 16.6 Å². The highest BCUT2D eigenvalue weighted by atomic mass is 15.1. The molecule has 1 unspecified atom stereocenters. The molecule has 3 nitrogen and oxygen atoms in total. The Morgan fingerprint density at radius 3 is 2.38 bits per heavy atom. The van der Waals surface area contributed by atoms with E-state index in [9.17, 15) is 0 Å². The Labute approximate surface area is 128 Å². The molecule has 0 saturated heterocycles. The first-order chi connectivity index (χ1) is 9.95. The molecular formula is C18H27N3. The molecule has 1 N–H and O–H groups in total. The summed E-state index contributed by atoms with van der Waals surface area (Å²) in [6, 6.07) is 9.26. The first-order valence-corrected chi connectivity index (χ1v) is 7.73. The van der Waals surface area contributed by atoms with E-state index < -0.39 is 0 Å². The van der Waals surface area contributed by atoms with E-state index in [4.69, 9.17) is 0 Å². The summed E-state index contributed by atoms with van der Waals surface area (Å²) in [4.78, 5) is 4.48. The summed E-state index contributed by atoms with van der Waals surface area (Å²) < 4.78 is 2.20. The van der Waals surface area contributed by atoms with Crippen molar-refractivity contribution in [1.82, 2.24) is 14.9 Å². The Balaban J connectivity index is 2.18. The second kappa shape index (κ2) is 6.44. The standard InChI is InChI=1S/C18H27N3/c1-6-21-12-11-20-17(21)13-16(19-5)14-7-9-15(10-8-14)18(2,3)4/h7-12,16,19H,6,13H2,1-5H3. The van der Waals surface area contributed by atoms with Crippen LogP contribution in [0.3, 0.4) is 0 Å². The summed E-state index contributed by atoms with van der Waals surface area (Å²) in [6.07, 6.45) is 4.84. The van der Waals surface area contributed by atoms with Crippen LogP contribution in [0.1, 0.15) is 50.7 Å². The number of hydrogen-bond acceptors (Lipinski definition) is 2. The van der Waals surface area contributed by atoms with Gasteiger partial charge in [0.25, 0.3) is 0 Å². The highest BCUT2D eigenvalue weighted by Gasteiger charge is 2.16. The normalized spacial score (nSPS) is 13.4. The van der Waals surface area contributed by atoms with Crippen LogP contribution < -0.4 is 5.32 Å². The molecule has 1 heterocycles. The second-order valence-corrected chi connectivity index (χ2v) is 6.55. The summed E-state index contributed by atoms with van der Waals surface area (Å²) in [5.74, 6) is 1.14. The average Bonchev–Trinajstić information content (AvgIpc) is 2.91. The van der Waals surface area contributed by atoms with Crippen LogP contribution in [0, 0.1) is 0 Å². The lowest BCUT2D eigenvalue weighted by atomic mass is 9.86. The first kappa shape index (κ1) is 15.8. The molecule has 0 aliphatic carbocycles. The maximum Gasteiger partial charge on any atom is 0.110 e. The number of nitrogens with one attached hydrogen (secondary N) is 1. The first-order valence-electron chi connectivity index (χ1n) is 7.73. The third-order valence-corrected chi connectivity index (χ3v) is 4.06. The molecule has 1 aromatic heterocycles. The van der Waals surface area contributed by atoms with E-state index in [2.05, 4.69) is 66.8 Å². The number of aryl methyl sites for hydroxylation is 1. The molecule has 114 valence electrons. The van der Waals surface area contributed by atoms with Crippen LogP contribution in [0.4, 0.5) is 0 Å². The Kier molecular flexibility index (Phi) is 4.84. The minimum Gasteiger partial charge on any atom is -0.335 e. The van der Waals surface area contributed by atoms with Crippen molar-refractivity contribution in [2.45, 2.75) is 52.1 Å². The number of rotatable bonds is 5. The van der Waals surface area contributed by atoms with Gasteiger partial charge in [0.1, 0.15) is 5.82 Å². The van der Waals surface area contributed by atoms with Gasteiger partial charge in [0.2, 0.25) is 0 Å². The largest absolute Gasteiger partial charge is 0.335 e. The van der Waals surface area contributed by atoms with Crippen LogP contribution >= 0.6 is 0 Å². The van der Waals surface area contributed by atoms with E-state index in [1.54, 1.807) is 0 Å². The van der Waals surface area contributed by atoms with Gasteiger partial charge in [-0.25, -0.2) is 4.98 Å². The maximum atomic E-state index is 4.48. The molecule has 0 saturated carbocycles. The SMILES string of the molecule is CCn1ccnc1CC(NC)c1ccc(C(C)(C)C)cc1. The molecule has 1 atom stereocenters. The van der Waals surface area contributed by atoms with Crippen molar-refractivity contribution in [1.29, 1.82) is 0 Å². The van der Waals surface area contributed by atoms with Crippen LogP contribution in [0.25, 0.3) is 0 Å². The Bertz CT molecular complexity index is 561. The molecular weight excluding hydrogens is 258 g/mol. The summed E-state index contributed by atoms with van der Waals surface area (Å²) in [5, 5.41) is 3.41. The van der Waals surface area contributed by atoms with Gasteiger partial charge in [0.15, 0.2) is 0 Å². The fraction of sp³-hybridized carbons (Fsp3) is 0.500. The molecule has 0 spiro atoms. The van der Waals surface area contributed by atoms with Crippen molar-refractivity contribution >= 4 is 0 Å². The van der Waals surface area contributed by atoms with Gasteiger partial charge in [-0.3, -0.25) is 0 Å². The number of hydrogen-bond donors (Lipinski definition) is 1. The Hall–Kier alpha value is -1.61. The summed E-state index contributed by atoms with van der Waals surface area (Å²) >= 11 is 0. The van der Waals surface area contributed by atoms with Gasteiger partial charge in [-0.1, -0.05) is 45.0 Å². The van der Waals surface area contributed by atoms with Crippen molar-refractivity contribution < 1.29 is 0 Å². The Morgan fingerprint density at radius 1 is 1.19 bits per heavy atom. The van der Waals surface area contributed by atoms with Crippen molar-refractivity contribution in [2.75, 3.05) is 7.05 Å². The van der Waals surface area contributed by atoms with E-state index in [-0.39, 0.29) is 5.41 Å². The van der Waals surface area contributed by atoms with E-state index in [1.807, 2.05) is 19.4 Å². The lowest BCUT2D eigenvalue weighted by Gasteiger charge is -2.21. The van der Waals surface area contributed by atoms with Gasteiger partial charge in [0.05, 0.1) is 0 Å². The number of benzene rings is 1. The minimum absolute atomic E-state index is 0.201. The van der Waals surface area contributed by atoms with E-state index >= 15 is 0 Å². The van der Waals surface area contributed by atoms with Crippen molar-refractivity contribution in [3.05, 3.63) is 53.6 Å². The summed E-state index contributed by atoms with van der Waals surface area (Å²) in [6.45, 7) is 9.85. The maximum absolute atomic E-state index is 4.48. The highest BCUT2D eigenvalue weighted by Crippen LogP contribution is 2.25. The molecule has 21 heavy (non-hydrogen) atoms. The molecule has 0 radical (unpaired) electrons. The summed E-state index contributed by atoms with van der Waals surface area (Å²) in [7, 11) is 2.02. The number of imidazole rings is 1. The predicted octanol–water partition coefficient (Wildman–Crippen LogP) is 3.70. The number of nitrogens with zero attached hydrogens (tertiary/aromatic N) is 2. The predicted molar refractivity (Wildman–Crippen MR) is 88.5 cm³/mol. The van der Waals surface area contributed by atoms with Gasteiger partial charge in [-0.05, 0) is 30.5 Å². The average molecular weight is 285 g/mol. The third kappa shape index (κ3) is 3.73. The molecule has 0 amide bonds. The van der Waals surface area contributed by atoms with Gasteiger partial charge < -0.3 is 9.88 Å². The van der Waals surface area contributed by atoms with Crippen LogP contribution in [0.15, 0.2) is 36.7 Å². The third-order valence-electron chi connectivity index (χ3n) is 4.06. The molecule has 0 aliphatic rings. The minimum atomic E-state index is 0.201. The lowest BCUT2D eigenvalue weighted by molar-refractivity contribution is 0.550. The van der Waals surface area contributed by atoms with Gasteiger partial charge in [-0.2, -0.15) is 0 Å². The zero-order valence-electron chi connectivity index (χ0n) is 13.9. The van der Waals surface area contributed by atoms with Crippen molar-refractivity contribution in [3.63, 3.8) is 0 Å². The van der Waals surface area contributed by atoms with Gasteiger partial charge in [-0.15, -0.1) is 0 Å². The summed E-state index contributed by atoms with van der Waals surface area (Å²) in [5.41, 5.74) is 2.89. The fourth-order valence-corrected chi connectivity index (χ4v) is 2.60. The van der Waals surface area contributed by atoms with E-state index in [0.29, 0.717) is 6.04 Å². The number of aromatic nitrogens is 2. The monoisotopic (exact) mass is 285 g/mol. The topological polar surface area (TPSA) is 29.9 Å². The fourth-order valence-electron chi connectivity index (χ4n) is 2.60. The molecule has 0 bridgehead atoms. The van der Waals surface area contributed by atoms with E-state index in [1.165, 1.54) is 11.1 Å². The highest BCUT2D eigenvalue weighted by molar-refractivity contribution is 5.29. The molecule has 1 aromatic carbocycles. The van der Waals surface area contributed by atoms with Crippen LogP contribution in [-0.2, 0) is 18.4 Å². The molecule has 2 aromatic rings. The number of likely N-dealkylation sites (N-methyl/N-ethyl adjacent to an activating group) is 1. The molecule has 3 heteroatoms. The zero-order chi connectivity index (χ0) is 15.5. The van der Waals surface area contributed by atoms with Crippen LogP contribution in [0.2, 0.25) is 0 Å². The van der Waals surface area contributed by atoms with Gasteiger partial charge in [0, 0.05) is 31.4 Å². The second-order valence-electron chi connectivity index (χ2n) is 6.55.